The van der Waals surface area contributed by atoms with Gasteiger partial charge in [-0.25, -0.2) is 0 Å². The van der Waals surface area contributed by atoms with Crippen LogP contribution in [0.2, 0.25) is 0 Å². The topological polar surface area (TPSA) is 123 Å². The zero-order chi connectivity index (χ0) is 20.5. The molecule has 0 heterocycles. The third kappa shape index (κ3) is 5.74. The largest absolute Gasteiger partial charge is 0.493 e. The predicted molar refractivity (Wildman–Crippen MR) is 106 cm³/mol. The zero-order valence-electron chi connectivity index (χ0n) is 14.9. The van der Waals surface area contributed by atoms with Crippen molar-refractivity contribution < 1.29 is 19.2 Å². The summed E-state index contributed by atoms with van der Waals surface area (Å²) < 4.78 is 5.52. The fourth-order valence-corrected chi connectivity index (χ4v) is 2.28. The molecular weight excluding hydrogens is 384 g/mol. The van der Waals surface area contributed by atoms with Crippen LogP contribution in [-0.4, -0.2) is 28.5 Å². The molecule has 0 radical (unpaired) electrons. The van der Waals surface area contributed by atoms with E-state index in [1.165, 1.54) is 18.2 Å². The molecule has 0 atom stereocenters. The van der Waals surface area contributed by atoms with E-state index in [9.17, 15) is 19.7 Å². The van der Waals surface area contributed by atoms with Crippen molar-refractivity contribution in [2.24, 2.45) is 0 Å². The molecule has 0 aliphatic rings. The lowest BCUT2D eigenvalue weighted by atomic mass is 10.2. The fourth-order valence-electron chi connectivity index (χ4n) is 2.14. The highest BCUT2D eigenvalue weighted by molar-refractivity contribution is 7.80. The van der Waals surface area contributed by atoms with Crippen LogP contribution in [0.15, 0.2) is 48.5 Å². The van der Waals surface area contributed by atoms with Crippen molar-refractivity contribution in [3.8, 4) is 5.75 Å². The Hall–Kier alpha value is -3.53. The molecule has 3 N–H and O–H groups in total. The van der Waals surface area contributed by atoms with Gasteiger partial charge in [0.2, 0.25) is 0 Å². The SMILES string of the molecule is CCCOc1ccccc1C(=O)NNC(=S)NC(=O)c1cccc([N+](=O)[O-])c1. The van der Waals surface area contributed by atoms with Gasteiger partial charge in [0, 0.05) is 17.7 Å². The first-order valence-electron chi connectivity index (χ1n) is 8.30. The normalized spacial score (nSPS) is 9.89. The molecule has 146 valence electrons. The van der Waals surface area contributed by atoms with Crippen LogP contribution in [0.25, 0.3) is 0 Å². The first kappa shape index (κ1) is 20.8. The van der Waals surface area contributed by atoms with Crippen LogP contribution in [0, 0.1) is 10.1 Å². The number of nitro groups is 1. The van der Waals surface area contributed by atoms with Crippen LogP contribution in [0.4, 0.5) is 5.69 Å². The van der Waals surface area contributed by atoms with Gasteiger partial charge < -0.3 is 4.74 Å². The van der Waals surface area contributed by atoms with Gasteiger partial charge in [-0.1, -0.05) is 25.1 Å². The molecule has 0 saturated carbocycles. The number of rotatable bonds is 6. The number of ether oxygens (including phenoxy) is 1. The number of hydrogen-bond acceptors (Lipinski definition) is 6. The number of para-hydroxylation sites is 1. The third-order valence-electron chi connectivity index (χ3n) is 3.43. The van der Waals surface area contributed by atoms with Crippen LogP contribution >= 0.6 is 12.2 Å². The molecule has 0 saturated heterocycles. The summed E-state index contributed by atoms with van der Waals surface area (Å²) >= 11 is 4.96. The highest BCUT2D eigenvalue weighted by Gasteiger charge is 2.15. The Morgan fingerprint density at radius 2 is 1.86 bits per heavy atom. The number of carbonyl (C=O) groups excluding carboxylic acids is 2. The summed E-state index contributed by atoms with van der Waals surface area (Å²) in [4.78, 5) is 34.6. The lowest BCUT2D eigenvalue weighted by Gasteiger charge is -2.13. The average Bonchev–Trinajstić information content (AvgIpc) is 2.70. The summed E-state index contributed by atoms with van der Waals surface area (Å²) in [5.74, 6) is -0.726. The minimum atomic E-state index is -0.651. The van der Waals surface area contributed by atoms with Crippen molar-refractivity contribution in [1.82, 2.24) is 16.2 Å². The van der Waals surface area contributed by atoms with E-state index in [0.717, 1.165) is 12.5 Å². The molecule has 0 spiro atoms. The molecule has 0 unspecified atom stereocenters. The Morgan fingerprint density at radius 1 is 1.11 bits per heavy atom. The minimum absolute atomic E-state index is 0.0583. The maximum absolute atomic E-state index is 12.3. The Bertz CT molecular complexity index is 903. The first-order chi connectivity index (χ1) is 13.4. The molecular formula is C18H18N4O5S. The van der Waals surface area contributed by atoms with Crippen molar-refractivity contribution in [3.63, 3.8) is 0 Å². The second-order valence-corrected chi connectivity index (χ2v) is 5.92. The van der Waals surface area contributed by atoms with Crippen LogP contribution < -0.4 is 20.9 Å². The van der Waals surface area contributed by atoms with Crippen molar-refractivity contribution >= 4 is 34.8 Å². The monoisotopic (exact) mass is 402 g/mol. The van der Waals surface area contributed by atoms with E-state index in [2.05, 4.69) is 16.2 Å². The van der Waals surface area contributed by atoms with Gasteiger partial charge in [0.1, 0.15) is 5.75 Å². The number of nitrogens with zero attached hydrogens (tertiary/aromatic N) is 1. The number of non-ortho nitro benzene ring substituents is 1. The van der Waals surface area contributed by atoms with Crippen molar-refractivity contribution in [2.75, 3.05) is 6.61 Å². The van der Waals surface area contributed by atoms with Gasteiger partial charge in [0.25, 0.3) is 17.5 Å². The molecule has 2 aromatic carbocycles. The molecule has 0 fully saturated rings. The number of benzene rings is 2. The van der Waals surface area contributed by atoms with Gasteiger partial charge in [-0.15, -0.1) is 0 Å². The number of thiocarbonyl (C=S) groups is 1. The van der Waals surface area contributed by atoms with Crippen LogP contribution in [-0.2, 0) is 0 Å². The van der Waals surface area contributed by atoms with E-state index in [1.807, 2.05) is 6.92 Å². The maximum atomic E-state index is 12.3. The Labute approximate surface area is 166 Å². The molecule has 10 heteroatoms. The summed E-state index contributed by atoms with van der Waals surface area (Å²) in [6.07, 6.45) is 0.794. The molecule has 0 aliphatic heterocycles. The van der Waals surface area contributed by atoms with Crippen LogP contribution in [0.1, 0.15) is 34.1 Å². The van der Waals surface area contributed by atoms with Crippen molar-refractivity contribution in [1.29, 1.82) is 0 Å². The summed E-state index contributed by atoms with van der Waals surface area (Å²) in [5, 5.41) is 12.9. The quantitative estimate of drug-likeness (QED) is 0.385. The highest BCUT2D eigenvalue weighted by Crippen LogP contribution is 2.17. The number of amides is 2. The number of hydrazine groups is 1. The average molecular weight is 402 g/mol. The van der Waals surface area contributed by atoms with Crippen molar-refractivity contribution in [3.05, 3.63) is 69.8 Å². The van der Waals surface area contributed by atoms with Crippen molar-refractivity contribution in [2.45, 2.75) is 13.3 Å². The number of hydrogen-bond donors (Lipinski definition) is 3. The van der Waals surface area contributed by atoms with Gasteiger partial charge >= 0.3 is 0 Å². The van der Waals surface area contributed by atoms with E-state index in [-0.39, 0.29) is 16.4 Å². The Balaban J connectivity index is 1.94. The fraction of sp³-hybridized carbons (Fsp3) is 0.167. The molecule has 2 aromatic rings. The van der Waals surface area contributed by atoms with Gasteiger partial charge in [-0.2, -0.15) is 0 Å². The standard InChI is InChI=1S/C18H18N4O5S/c1-2-10-27-15-9-4-3-8-14(15)17(24)20-21-18(28)19-16(23)12-6-5-7-13(11-12)22(25)26/h3-9,11H,2,10H2,1H3,(H,20,24)(H2,19,21,23,28). The summed E-state index contributed by atoms with van der Waals surface area (Å²) in [7, 11) is 0. The van der Waals surface area contributed by atoms with Gasteiger partial charge in [-0.05, 0) is 36.8 Å². The van der Waals surface area contributed by atoms with Crippen LogP contribution in [0.3, 0.4) is 0 Å². The predicted octanol–water partition coefficient (Wildman–Crippen LogP) is 2.33. The summed E-state index contributed by atoms with van der Waals surface area (Å²) in [5.41, 5.74) is 4.92. The molecule has 2 rings (SSSR count). The summed E-state index contributed by atoms with van der Waals surface area (Å²) in [6, 6.07) is 11.9. The Morgan fingerprint density at radius 3 is 2.57 bits per heavy atom. The number of nitro benzene ring substituents is 1. The lowest BCUT2D eigenvalue weighted by Crippen LogP contribution is -2.48. The van der Waals surface area contributed by atoms with E-state index in [4.69, 9.17) is 17.0 Å². The minimum Gasteiger partial charge on any atom is -0.493 e. The maximum Gasteiger partial charge on any atom is 0.273 e. The second kappa shape index (κ2) is 9.97. The first-order valence-corrected chi connectivity index (χ1v) is 8.71. The van der Waals surface area contributed by atoms with E-state index >= 15 is 0 Å². The number of nitrogens with one attached hydrogen (secondary N) is 3. The third-order valence-corrected chi connectivity index (χ3v) is 3.63. The summed E-state index contributed by atoms with van der Waals surface area (Å²) in [6.45, 7) is 2.42. The van der Waals surface area contributed by atoms with Crippen LogP contribution in [0.5, 0.6) is 5.75 Å². The van der Waals surface area contributed by atoms with E-state index < -0.39 is 16.7 Å². The molecule has 28 heavy (non-hydrogen) atoms. The van der Waals surface area contributed by atoms with Gasteiger partial charge in [0.05, 0.1) is 17.1 Å². The molecule has 9 nitrogen and oxygen atoms in total. The zero-order valence-corrected chi connectivity index (χ0v) is 15.7. The number of carbonyl (C=O) groups is 2. The Kier molecular flexibility index (Phi) is 7.40. The lowest BCUT2D eigenvalue weighted by molar-refractivity contribution is -0.384. The van der Waals surface area contributed by atoms with E-state index in [1.54, 1.807) is 24.3 Å². The molecule has 0 bridgehead atoms. The van der Waals surface area contributed by atoms with E-state index in [0.29, 0.717) is 17.9 Å². The highest BCUT2D eigenvalue weighted by atomic mass is 32.1. The second-order valence-electron chi connectivity index (χ2n) is 5.51. The smallest absolute Gasteiger partial charge is 0.273 e. The molecule has 2 amide bonds. The molecule has 0 aliphatic carbocycles. The molecule has 0 aromatic heterocycles. The van der Waals surface area contributed by atoms with Gasteiger partial charge in [0.15, 0.2) is 5.11 Å². The van der Waals surface area contributed by atoms with Gasteiger partial charge in [-0.3, -0.25) is 35.9 Å².